The van der Waals surface area contributed by atoms with Crippen molar-refractivity contribution in [1.82, 2.24) is 19.7 Å². The SMILES string of the molecule is CC(=O)N(c1nc(CSc2nc(C3CC3)n(-c3ccccc3)n2)cs1)c1cccc(C)c1C. The van der Waals surface area contributed by atoms with E-state index >= 15 is 0 Å². The number of hydrogen-bond donors (Lipinski definition) is 0. The van der Waals surface area contributed by atoms with Crippen molar-refractivity contribution in [3.8, 4) is 5.69 Å². The maximum absolute atomic E-state index is 12.5. The summed E-state index contributed by atoms with van der Waals surface area (Å²) in [6, 6.07) is 16.2. The van der Waals surface area contributed by atoms with E-state index in [9.17, 15) is 4.79 Å². The number of carbonyl (C=O) groups excluding carboxylic acids is 1. The van der Waals surface area contributed by atoms with Crippen molar-refractivity contribution in [3.05, 3.63) is 76.6 Å². The highest BCUT2D eigenvalue weighted by molar-refractivity contribution is 7.98. The molecular weight excluding hydrogens is 450 g/mol. The van der Waals surface area contributed by atoms with Crippen LogP contribution in [0.4, 0.5) is 10.8 Å². The van der Waals surface area contributed by atoms with Gasteiger partial charge in [0.2, 0.25) is 11.1 Å². The van der Waals surface area contributed by atoms with E-state index in [4.69, 9.17) is 15.1 Å². The van der Waals surface area contributed by atoms with Gasteiger partial charge in [-0.05, 0) is 56.0 Å². The van der Waals surface area contributed by atoms with Gasteiger partial charge in [0, 0.05) is 24.0 Å². The monoisotopic (exact) mass is 475 g/mol. The molecule has 0 saturated heterocycles. The average molecular weight is 476 g/mol. The second-order valence-corrected chi connectivity index (χ2v) is 10.0. The number of amides is 1. The molecule has 0 N–H and O–H groups in total. The number of rotatable bonds is 7. The maximum Gasteiger partial charge on any atom is 0.230 e. The normalized spacial score (nSPS) is 13.3. The summed E-state index contributed by atoms with van der Waals surface area (Å²) in [7, 11) is 0. The lowest BCUT2D eigenvalue weighted by Crippen LogP contribution is -2.23. The van der Waals surface area contributed by atoms with Crippen molar-refractivity contribution in [1.29, 1.82) is 0 Å². The Morgan fingerprint density at radius 3 is 2.64 bits per heavy atom. The smallest absolute Gasteiger partial charge is 0.230 e. The molecule has 0 radical (unpaired) electrons. The minimum atomic E-state index is -0.0467. The minimum absolute atomic E-state index is 0.0467. The summed E-state index contributed by atoms with van der Waals surface area (Å²) in [5, 5.41) is 8.23. The van der Waals surface area contributed by atoms with Crippen LogP contribution in [0.3, 0.4) is 0 Å². The highest BCUT2D eigenvalue weighted by Crippen LogP contribution is 2.41. The first-order chi connectivity index (χ1) is 16.0. The summed E-state index contributed by atoms with van der Waals surface area (Å²) < 4.78 is 1.98. The van der Waals surface area contributed by atoms with Crippen LogP contribution >= 0.6 is 23.1 Å². The number of nitrogens with zero attached hydrogens (tertiary/aromatic N) is 5. The number of hydrogen-bond acceptors (Lipinski definition) is 6. The van der Waals surface area contributed by atoms with E-state index in [1.807, 2.05) is 47.3 Å². The first-order valence-electron chi connectivity index (χ1n) is 11.0. The van der Waals surface area contributed by atoms with Crippen LogP contribution in [0, 0.1) is 13.8 Å². The van der Waals surface area contributed by atoms with Crippen LogP contribution in [-0.2, 0) is 10.5 Å². The average Bonchev–Trinajstić information content (AvgIpc) is 3.40. The number of thioether (sulfide) groups is 1. The lowest BCUT2D eigenvalue weighted by Gasteiger charge is -2.21. The van der Waals surface area contributed by atoms with E-state index in [1.165, 1.54) is 24.2 Å². The minimum Gasteiger partial charge on any atom is -0.274 e. The van der Waals surface area contributed by atoms with Crippen LogP contribution in [-0.4, -0.2) is 25.7 Å². The molecule has 1 amide bonds. The molecule has 168 valence electrons. The van der Waals surface area contributed by atoms with E-state index in [0.29, 0.717) is 16.8 Å². The number of anilines is 2. The van der Waals surface area contributed by atoms with Crippen LogP contribution in [0.5, 0.6) is 0 Å². The lowest BCUT2D eigenvalue weighted by atomic mass is 10.1. The summed E-state index contributed by atoms with van der Waals surface area (Å²) in [4.78, 5) is 23.8. The summed E-state index contributed by atoms with van der Waals surface area (Å²) in [6.45, 7) is 5.67. The number of carbonyl (C=O) groups is 1. The number of para-hydroxylation sites is 1. The molecule has 0 atom stereocenters. The van der Waals surface area contributed by atoms with Gasteiger partial charge in [-0.3, -0.25) is 9.69 Å². The predicted octanol–water partition coefficient (Wildman–Crippen LogP) is 6.19. The first-order valence-corrected chi connectivity index (χ1v) is 12.8. The number of thiazole rings is 1. The topological polar surface area (TPSA) is 63.9 Å². The van der Waals surface area contributed by atoms with Crippen LogP contribution < -0.4 is 4.90 Å². The molecule has 4 aromatic rings. The molecule has 0 spiro atoms. The van der Waals surface area contributed by atoms with Crippen LogP contribution in [0.2, 0.25) is 0 Å². The molecule has 0 unspecified atom stereocenters. The van der Waals surface area contributed by atoms with Gasteiger partial charge in [0.1, 0.15) is 5.82 Å². The quantitative estimate of drug-likeness (QED) is 0.298. The van der Waals surface area contributed by atoms with E-state index in [-0.39, 0.29) is 5.91 Å². The molecule has 2 heterocycles. The summed E-state index contributed by atoms with van der Waals surface area (Å²) in [5.41, 5.74) is 5.08. The molecule has 2 aromatic carbocycles. The number of benzene rings is 2. The Labute approximate surface area is 201 Å². The third kappa shape index (κ3) is 4.58. The zero-order valence-electron chi connectivity index (χ0n) is 18.9. The molecule has 1 aliphatic rings. The Balaban J connectivity index is 1.35. The zero-order chi connectivity index (χ0) is 22.9. The van der Waals surface area contributed by atoms with Crippen LogP contribution in [0.1, 0.15) is 48.3 Å². The van der Waals surface area contributed by atoms with Gasteiger partial charge in [-0.2, -0.15) is 0 Å². The number of aromatic nitrogens is 4. The highest BCUT2D eigenvalue weighted by atomic mass is 32.2. The Kier molecular flexibility index (Phi) is 6.03. The summed E-state index contributed by atoms with van der Waals surface area (Å²) in [6.07, 6.45) is 2.34. The zero-order valence-corrected chi connectivity index (χ0v) is 20.5. The molecule has 1 saturated carbocycles. The van der Waals surface area contributed by atoms with Crippen molar-refractivity contribution in [2.24, 2.45) is 0 Å². The fraction of sp³-hybridized carbons (Fsp3) is 0.280. The largest absolute Gasteiger partial charge is 0.274 e. The van der Waals surface area contributed by atoms with Crippen LogP contribution in [0.25, 0.3) is 5.69 Å². The van der Waals surface area contributed by atoms with E-state index in [1.54, 1.807) is 23.6 Å². The Morgan fingerprint density at radius 2 is 1.91 bits per heavy atom. The van der Waals surface area contributed by atoms with Crippen molar-refractivity contribution in [2.75, 3.05) is 4.90 Å². The van der Waals surface area contributed by atoms with Crippen molar-refractivity contribution >= 4 is 39.8 Å². The molecule has 1 fully saturated rings. The maximum atomic E-state index is 12.5. The van der Waals surface area contributed by atoms with Gasteiger partial charge in [-0.15, -0.1) is 16.4 Å². The van der Waals surface area contributed by atoms with E-state index in [2.05, 4.69) is 25.1 Å². The molecule has 0 aliphatic heterocycles. The predicted molar refractivity (Wildman–Crippen MR) is 134 cm³/mol. The lowest BCUT2D eigenvalue weighted by molar-refractivity contribution is -0.115. The standard InChI is InChI=1S/C25H25N5OS2/c1-16-8-7-11-22(17(16)2)29(18(3)31)25-26-20(15-33-25)14-32-24-27-23(19-12-13-19)30(28-24)21-9-5-4-6-10-21/h4-11,15,19H,12-14H2,1-3H3. The van der Waals surface area contributed by atoms with Crippen molar-refractivity contribution in [2.45, 2.75) is 50.4 Å². The Hall–Kier alpha value is -2.97. The van der Waals surface area contributed by atoms with Gasteiger partial charge < -0.3 is 0 Å². The Bertz CT molecular complexity index is 1290. The van der Waals surface area contributed by atoms with Gasteiger partial charge in [0.25, 0.3) is 0 Å². The van der Waals surface area contributed by atoms with Gasteiger partial charge in [0.05, 0.1) is 17.1 Å². The third-order valence-electron chi connectivity index (χ3n) is 5.77. The van der Waals surface area contributed by atoms with Gasteiger partial charge in [-0.25, -0.2) is 14.6 Å². The molecule has 8 heteroatoms. The molecule has 2 aromatic heterocycles. The van der Waals surface area contributed by atoms with Gasteiger partial charge >= 0.3 is 0 Å². The summed E-state index contributed by atoms with van der Waals surface area (Å²) >= 11 is 3.07. The van der Waals surface area contributed by atoms with Crippen LogP contribution in [0.15, 0.2) is 59.1 Å². The van der Waals surface area contributed by atoms with Crippen molar-refractivity contribution < 1.29 is 4.79 Å². The number of aryl methyl sites for hydroxylation is 1. The van der Waals surface area contributed by atoms with Crippen molar-refractivity contribution in [3.63, 3.8) is 0 Å². The molecule has 1 aliphatic carbocycles. The van der Waals surface area contributed by atoms with Gasteiger partial charge in [0.15, 0.2) is 5.13 Å². The molecule has 0 bridgehead atoms. The molecule has 33 heavy (non-hydrogen) atoms. The second-order valence-electron chi connectivity index (χ2n) is 8.26. The summed E-state index contributed by atoms with van der Waals surface area (Å²) in [5.74, 6) is 2.15. The fourth-order valence-electron chi connectivity index (χ4n) is 3.72. The molecular formula is C25H25N5OS2. The van der Waals surface area contributed by atoms with Gasteiger partial charge in [-0.1, -0.05) is 42.1 Å². The highest BCUT2D eigenvalue weighted by Gasteiger charge is 2.30. The fourth-order valence-corrected chi connectivity index (χ4v) is 5.43. The molecule has 6 nitrogen and oxygen atoms in total. The Morgan fingerprint density at radius 1 is 1.12 bits per heavy atom. The van der Waals surface area contributed by atoms with E-state index in [0.717, 1.165) is 39.2 Å². The first kappa shape index (κ1) is 21.9. The second kappa shape index (κ2) is 9.11. The molecule has 5 rings (SSSR count). The third-order valence-corrected chi connectivity index (χ3v) is 7.51. The van der Waals surface area contributed by atoms with E-state index < -0.39 is 0 Å².